The molecule has 1 saturated carbocycles. The summed E-state index contributed by atoms with van der Waals surface area (Å²) in [4.78, 5) is 2.25. The second-order valence-corrected chi connectivity index (χ2v) is 8.39. The van der Waals surface area contributed by atoms with Gasteiger partial charge in [0.2, 0.25) is 0 Å². The quantitative estimate of drug-likeness (QED) is 0.882. The van der Waals surface area contributed by atoms with E-state index in [1.54, 1.807) is 12.1 Å². The summed E-state index contributed by atoms with van der Waals surface area (Å²) >= 11 is 0. The summed E-state index contributed by atoms with van der Waals surface area (Å²) in [5.74, 6) is 0.0761. The largest absolute Gasteiger partial charge is 0.387 e. The van der Waals surface area contributed by atoms with E-state index in [1.165, 1.54) is 12.1 Å². The lowest BCUT2D eigenvalue weighted by atomic mass is 9.82. The molecule has 1 heterocycles. The van der Waals surface area contributed by atoms with Crippen LogP contribution in [0.4, 0.5) is 4.39 Å². The fraction of sp³-hybridized carbons (Fsp3) is 0.455. The van der Waals surface area contributed by atoms with Gasteiger partial charge >= 0.3 is 0 Å². The Hall–Kier alpha value is -1.75. The summed E-state index contributed by atoms with van der Waals surface area (Å²) in [7, 11) is 0. The fourth-order valence-corrected chi connectivity index (χ4v) is 5.07. The second kappa shape index (κ2) is 6.45. The molecule has 2 N–H and O–H groups in total. The van der Waals surface area contributed by atoms with E-state index in [4.69, 9.17) is 0 Å². The molecule has 138 valence electrons. The Balaban J connectivity index is 1.44. The number of nitrogens with zero attached hydrogens (tertiary/aromatic N) is 1. The lowest BCUT2D eigenvalue weighted by molar-refractivity contribution is 0.0218. The van der Waals surface area contributed by atoms with E-state index in [0.717, 1.165) is 31.5 Å². The van der Waals surface area contributed by atoms with E-state index in [0.29, 0.717) is 18.0 Å². The molecule has 0 spiro atoms. The van der Waals surface area contributed by atoms with Gasteiger partial charge in [0.05, 0.1) is 11.7 Å². The van der Waals surface area contributed by atoms with Crippen LogP contribution >= 0.6 is 0 Å². The topological polar surface area (TPSA) is 43.7 Å². The van der Waals surface area contributed by atoms with Crippen molar-refractivity contribution in [2.75, 3.05) is 19.6 Å². The number of halogens is 1. The lowest BCUT2D eigenvalue weighted by Crippen LogP contribution is -2.33. The molecule has 1 unspecified atom stereocenters. The number of likely N-dealkylation sites (tertiary alicyclic amines) is 1. The zero-order valence-corrected chi connectivity index (χ0v) is 15.1. The summed E-state index contributed by atoms with van der Waals surface area (Å²) in [5.41, 5.74) is 0.898. The van der Waals surface area contributed by atoms with Crippen molar-refractivity contribution in [2.24, 2.45) is 11.3 Å². The molecule has 4 heteroatoms. The van der Waals surface area contributed by atoms with Crippen molar-refractivity contribution in [1.82, 2.24) is 4.90 Å². The summed E-state index contributed by atoms with van der Waals surface area (Å²) in [6.45, 7) is 4.45. The molecule has 26 heavy (non-hydrogen) atoms. The van der Waals surface area contributed by atoms with Crippen LogP contribution in [0.1, 0.15) is 37.0 Å². The average Bonchev–Trinajstić information content (AvgIpc) is 3.03. The van der Waals surface area contributed by atoms with Crippen molar-refractivity contribution in [3.8, 4) is 0 Å². The molecule has 1 saturated heterocycles. The summed E-state index contributed by atoms with van der Waals surface area (Å²) in [5, 5.41) is 21.7. The summed E-state index contributed by atoms with van der Waals surface area (Å²) in [6, 6.07) is 16.1. The first-order chi connectivity index (χ1) is 12.4. The first kappa shape index (κ1) is 17.7. The van der Waals surface area contributed by atoms with E-state index in [9.17, 15) is 14.6 Å². The van der Waals surface area contributed by atoms with Crippen molar-refractivity contribution in [3.05, 3.63) is 71.5 Å². The van der Waals surface area contributed by atoms with E-state index in [-0.39, 0.29) is 11.2 Å². The maximum absolute atomic E-state index is 13.4. The third-order valence-corrected chi connectivity index (χ3v) is 6.31. The maximum Gasteiger partial charge on any atom is 0.123 e. The van der Waals surface area contributed by atoms with Gasteiger partial charge in [0.15, 0.2) is 0 Å². The molecule has 0 radical (unpaired) electrons. The molecule has 2 fully saturated rings. The van der Waals surface area contributed by atoms with Crippen molar-refractivity contribution >= 4 is 0 Å². The number of β-amino-alcohol motifs (C(OH)–C–C–N with tert-alkyl or cyclic N) is 1. The number of hydrogen-bond acceptors (Lipinski definition) is 3. The smallest absolute Gasteiger partial charge is 0.123 e. The molecule has 1 aliphatic heterocycles. The molecule has 1 aliphatic carbocycles. The molecule has 4 rings (SSSR count). The van der Waals surface area contributed by atoms with Gasteiger partial charge in [0, 0.05) is 19.6 Å². The van der Waals surface area contributed by atoms with Crippen LogP contribution in [0.3, 0.4) is 0 Å². The van der Waals surface area contributed by atoms with Gasteiger partial charge in [-0.2, -0.15) is 0 Å². The van der Waals surface area contributed by atoms with E-state index in [1.807, 2.05) is 30.3 Å². The first-order valence-corrected chi connectivity index (χ1v) is 9.32. The van der Waals surface area contributed by atoms with Crippen LogP contribution in [-0.2, 0) is 5.60 Å². The number of aliphatic hydroxyl groups is 2. The van der Waals surface area contributed by atoms with E-state index >= 15 is 0 Å². The van der Waals surface area contributed by atoms with Gasteiger partial charge in [0.1, 0.15) is 5.82 Å². The zero-order chi connectivity index (χ0) is 18.4. The van der Waals surface area contributed by atoms with Gasteiger partial charge in [0.25, 0.3) is 0 Å². The Morgan fingerprint density at radius 2 is 1.96 bits per heavy atom. The van der Waals surface area contributed by atoms with Crippen LogP contribution in [0.25, 0.3) is 0 Å². The number of benzene rings is 2. The lowest BCUT2D eigenvalue weighted by Gasteiger charge is -2.30. The molecular weight excluding hydrogens is 329 g/mol. The molecule has 0 amide bonds. The fourth-order valence-electron chi connectivity index (χ4n) is 5.07. The van der Waals surface area contributed by atoms with Gasteiger partial charge in [-0.05, 0) is 47.4 Å². The molecule has 0 aromatic heterocycles. The van der Waals surface area contributed by atoms with Gasteiger partial charge in [-0.3, -0.25) is 4.90 Å². The predicted molar refractivity (Wildman–Crippen MR) is 99.0 cm³/mol. The minimum Gasteiger partial charge on any atom is -0.387 e. The minimum atomic E-state index is -0.756. The van der Waals surface area contributed by atoms with E-state index in [2.05, 4.69) is 11.8 Å². The number of fused-ring (bicyclic) bond motifs is 1. The van der Waals surface area contributed by atoms with Gasteiger partial charge < -0.3 is 10.2 Å². The van der Waals surface area contributed by atoms with Gasteiger partial charge in [-0.1, -0.05) is 49.4 Å². The zero-order valence-electron chi connectivity index (χ0n) is 15.1. The number of rotatable bonds is 4. The normalized spacial score (nSPS) is 32.5. The molecular formula is C22H26FNO2. The standard InChI is InChI=1S/C22H26FNO2/c1-21-14-22(26,17-7-3-2-4-8-17)11-18(21)12-24(15-21)13-20(25)16-6-5-9-19(23)10-16/h2-10,18,20,25-26H,11-15H2,1H3/t18-,20?,21+,22-/m0/s1. The predicted octanol–water partition coefficient (Wildman–Crippen LogP) is 3.48. The Morgan fingerprint density at radius 3 is 2.65 bits per heavy atom. The van der Waals surface area contributed by atoms with Crippen LogP contribution < -0.4 is 0 Å². The molecule has 0 bridgehead atoms. The van der Waals surface area contributed by atoms with Crippen LogP contribution in [0, 0.1) is 17.2 Å². The Labute approximate surface area is 154 Å². The molecule has 4 atom stereocenters. The van der Waals surface area contributed by atoms with Gasteiger partial charge in [-0.15, -0.1) is 0 Å². The van der Waals surface area contributed by atoms with Crippen LogP contribution in [0.2, 0.25) is 0 Å². The van der Waals surface area contributed by atoms with Crippen LogP contribution in [0.5, 0.6) is 0 Å². The second-order valence-electron chi connectivity index (χ2n) is 8.39. The number of aliphatic hydroxyl groups excluding tert-OH is 1. The van der Waals surface area contributed by atoms with Crippen molar-refractivity contribution in [3.63, 3.8) is 0 Å². The highest BCUT2D eigenvalue weighted by Gasteiger charge is 2.56. The SMILES string of the molecule is C[C@@]12CN(CC(O)c3cccc(F)c3)C[C@@H]1C[C@@](O)(c1ccccc1)C2. The molecule has 2 aliphatic rings. The van der Waals surface area contributed by atoms with Crippen molar-refractivity contribution < 1.29 is 14.6 Å². The maximum atomic E-state index is 13.4. The highest BCUT2D eigenvalue weighted by molar-refractivity contribution is 5.26. The Morgan fingerprint density at radius 1 is 1.19 bits per heavy atom. The third-order valence-electron chi connectivity index (χ3n) is 6.31. The highest BCUT2D eigenvalue weighted by Crippen LogP contribution is 2.56. The minimum absolute atomic E-state index is 0.0340. The van der Waals surface area contributed by atoms with Crippen molar-refractivity contribution in [2.45, 2.75) is 31.5 Å². The van der Waals surface area contributed by atoms with Crippen LogP contribution in [-0.4, -0.2) is 34.7 Å². The third kappa shape index (κ3) is 3.18. The van der Waals surface area contributed by atoms with Crippen molar-refractivity contribution in [1.29, 1.82) is 0 Å². The monoisotopic (exact) mass is 355 g/mol. The first-order valence-electron chi connectivity index (χ1n) is 9.32. The average molecular weight is 355 g/mol. The Kier molecular flexibility index (Phi) is 4.38. The summed E-state index contributed by atoms with van der Waals surface area (Å²) in [6.07, 6.45) is 0.794. The van der Waals surface area contributed by atoms with Gasteiger partial charge in [-0.25, -0.2) is 4.39 Å². The summed E-state index contributed by atoms with van der Waals surface area (Å²) < 4.78 is 13.4. The molecule has 3 nitrogen and oxygen atoms in total. The Bertz CT molecular complexity index is 783. The molecule has 2 aromatic carbocycles. The van der Waals surface area contributed by atoms with Crippen LogP contribution in [0.15, 0.2) is 54.6 Å². The molecule has 2 aromatic rings. The number of hydrogen-bond donors (Lipinski definition) is 2. The highest BCUT2D eigenvalue weighted by atomic mass is 19.1. The van der Waals surface area contributed by atoms with E-state index < -0.39 is 11.7 Å².